The minimum Gasteiger partial charge on any atom is -0.462 e. The number of ether oxygens (including phenoxy) is 1. The number of carbonyl (C=O) groups is 1. The molecule has 1 aromatic carbocycles. The fraction of sp³-hybridized carbons (Fsp3) is 0.333. The summed E-state index contributed by atoms with van der Waals surface area (Å²) >= 11 is 1.05. The molecule has 0 bridgehead atoms. The maximum absolute atomic E-state index is 11.6. The summed E-state index contributed by atoms with van der Waals surface area (Å²) in [4.78, 5) is 16.7. The number of fused-ring (bicyclic) bond motifs is 1. The van der Waals surface area contributed by atoms with Crippen molar-refractivity contribution >= 4 is 17.7 Å². The smallest absolute Gasteiger partial charge is 0.339 e. The summed E-state index contributed by atoms with van der Waals surface area (Å²) in [6.45, 7) is 6.05. The maximum Gasteiger partial charge on any atom is 0.339 e. The first-order chi connectivity index (χ1) is 12.7. The van der Waals surface area contributed by atoms with Crippen LogP contribution in [0.4, 0.5) is 0 Å². The van der Waals surface area contributed by atoms with Crippen molar-refractivity contribution < 1.29 is 19.7 Å². The van der Waals surface area contributed by atoms with Crippen LogP contribution in [-0.2, 0) is 10.2 Å². The van der Waals surface area contributed by atoms with Gasteiger partial charge in [0.1, 0.15) is 5.69 Å². The van der Waals surface area contributed by atoms with E-state index < -0.39 is 11.1 Å². The molecule has 27 heavy (non-hydrogen) atoms. The molecule has 3 rings (SSSR count). The molecule has 140 valence electrons. The second kappa shape index (κ2) is 7.35. The van der Waals surface area contributed by atoms with Gasteiger partial charge in [0.05, 0.1) is 12.2 Å². The predicted octanol–water partition coefficient (Wildman–Crippen LogP) is 3.07. The number of hydrogen-bond donors (Lipinski definition) is 2. The number of thioether (sulfide) groups is 1. The number of rotatable bonds is 2. The van der Waals surface area contributed by atoms with Gasteiger partial charge in [-0.05, 0) is 54.2 Å². The molecular formula is C21H21NO4S. The highest BCUT2D eigenvalue weighted by molar-refractivity contribution is 8.00. The van der Waals surface area contributed by atoms with E-state index in [9.17, 15) is 15.0 Å². The molecule has 1 aliphatic rings. The van der Waals surface area contributed by atoms with E-state index in [2.05, 4.69) is 16.8 Å². The zero-order valence-corrected chi connectivity index (χ0v) is 16.3. The molecule has 6 heteroatoms. The Morgan fingerprint density at radius 1 is 1.26 bits per heavy atom. The van der Waals surface area contributed by atoms with E-state index in [1.165, 1.54) is 6.20 Å². The van der Waals surface area contributed by atoms with Crippen molar-refractivity contribution in [3.63, 3.8) is 0 Å². The lowest BCUT2D eigenvalue weighted by Crippen LogP contribution is -2.37. The molecule has 0 saturated heterocycles. The standard InChI is InChI=1S/C21H21NO4S/c1-4-26-19(23)15-7-9-16(22-12-15)8-5-14-6-10-18-17(11-14)20(2,3)13-21(24,25)27-18/h6-7,9-12,24-25H,4,13H2,1-3H3. The number of carbonyl (C=O) groups excluding carboxylic acids is 1. The summed E-state index contributed by atoms with van der Waals surface area (Å²) in [5, 5.41) is 18.3. The molecule has 0 amide bonds. The Morgan fingerprint density at radius 2 is 2.04 bits per heavy atom. The highest BCUT2D eigenvalue weighted by Crippen LogP contribution is 2.48. The number of hydrogen-bond acceptors (Lipinski definition) is 6. The monoisotopic (exact) mass is 383 g/mol. The normalized spacial score (nSPS) is 16.6. The molecule has 1 aliphatic heterocycles. The van der Waals surface area contributed by atoms with Crippen LogP contribution in [0.1, 0.15) is 54.4 Å². The second-order valence-electron chi connectivity index (χ2n) is 7.02. The fourth-order valence-corrected chi connectivity index (χ4v) is 4.41. The van der Waals surface area contributed by atoms with Gasteiger partial charge in [0.15, 0.2) is 0 Å². The van der Waals surface area contributed by atoms with E-state index in [1.807, 2.05) is 32.0 Å². The number of aliphatic hydroxyl groups is 2. The Bertz CT molecular complexity index is 923. The van der Waals surface area contributed by atoms with Crippen molar-refractivity contribution in [1.29, 1.82) is 0 Å². The summed E-state index contributed by atoms with van der Waals surface area (Å²) in [7, 11) is 0. The molecule has 0 fully saturated rings. The minimum absolute atomic E-state index is 0.241. The van der Waals surface area contributed by atoms with Gasteiger partial charge in [0.2, 0.25) is 5.12 Å². The third-order valence-corrected chi connectivity index (χ3v) is 5.31. The topological polar surface area (TPSA) is 79.7 Å². The molecule has 1 aromatic heterocycles. The minimum atomic E-state index is -1.76. The first kappa shape index (κ1) is 19.4. The van der Waals surface area contributed by atoms with Gasteiger partial charge >= 0.3 is 5.97 Å². The summed E-state index contributed by atoms with van der Waals surface area (Å²) < 4.78 is 4.93. The molecule has 2 N–H and O–H groups in total. The van der Waals surface area contributed by atoms with Gasteiger partial charge in [-0.15, -0.1) is 0 Å². The van der Waals surface area contributed by atoms with Gasteiger partial charge in [-0.1, -0.05) is 31.5 Å². The van der Waals surface area contributed by atoms with Crippen LogP contribution in [0.3, 0.4) is 0 Å². The molecule has 0 spiro atoms. The Labute approximate surface area is 162 Å². The van der Waals surface area contributed by atoms with Gasteiger partial charge in [0, 0.05) is 23.1 Å². The maximum atomic E-state index is 11.6. The molecular weight excluding hydrogens is 362 g/mol. The van der Waals surface area contributed by atoms with Crippen LogP contribution in [0, 0.1) is 11.8 Å². The first-order valence-electron chi connectivity index (χ1n) is 8.64. The lowest BCUT2D eigenvalue weighted by atomic mass is 9.80. The summed E-state index contributed by atoms with van der Waals surface area (Å²) in [6.07, 6.45) is 1.70. The summed E-state index contributed by atoms with van der Waals surface area (Å²) in [5.74, 6) is 5.67. The third kappa shape index (κ3) is 4.51. The number of benzene rings is 1. The lowest BCUT2D eigenvalue weighted by molar-refractivity contribution is -0.0952. The van der Waals surface area contributed by atoms with Crippen molar-refractivity contribution in [1.82, 2.24) is 4.98 Å². The van der Waals surface area contributed by atoms with Crippen LogP contribution in [-0.4, -0.2) is 32.9 Å². The SMILES string of the molecule is CCOC(=O)c1ccc(C#Cc2ccc3c(c2)C(C)(C)CC(O)(O)S3)nc1. The van der Waals surface area contributed by atoms with Crippen LogP contribution in [0.15, 0.2) is 41.4 Å². The first-order valence-corrected chi connectivity index (χ1v) is 9.45. The highest BCUT2D eigenvalue weighted by atomic mass is 32.2. The van der Waals surface area contributed by atoms with E-state index in [-0.39, 0.29) is 11.8 Å². The van der Waals surface area contributed by atoms with Gasteiger partial charge in [-0.2, -0.15) is 0 Å². The second-order valence-corrected chi connectivity index (χ2v) is 8.32. The number of nitrogens with zero attached hydrogens (tertiary/aromatic N) is 1. The number of pyridine rings is 1. The van der Waals surface area contributed by atoms with Gasteiger partial charge < -0.3 is 14.9 Å². The van der Waals surface area contributed by atoms with E-state index in [0.717, 1.165) is 27.8 Å². The molecule has 0 unspecified atom stereocenters. The van der Waals surface area contributed by atoms with Gasteiger partial charge in [-0.25, -0.2) is 9.78 Å². The van der Waals surface area contributed by atoms with Crippen molar-refractivity contribution in [2.45, 2.75) is 42.6 Å². The van der Waals surface area contributed by atoms with Gasteiger partial charge in [-0.3, -0.25) is 0 Å². The zero-order valence-electron chi connectivity index (χ0n) is 15.4. The largest absolute Gasteiger partial charge is 0.462 e. The van der Waals surface area contributed by atoms with Gasteiger partial charge in [0.25, 0.3) is 0 Å². The average molecular weight is 383 g/mol. The molecule has 2 heterocycles. The van der Waals surface area contributed by atoms with Crippen LogP contribution in [0.5, 0.6) is 0 Å². The van der Waals surface area contributed by atoms with E-state index >= 15 is 0 Å². The zero-order chi connectivity index (χ0) is 19.7. The average Bonchev–Trinajstić information content (AvgIpc) is 2.59. The highest BCUT2D eigenvalue weighted by Gasteiger charge is 2.41. The van der Waals surface area contributed by atoms with Crippen molar-refractivity contribution in [2.24, 2.45) is 0 Å². The Balaban J connectivity index is 1.83. The molecule has 0 radical (unpaired) electrons. The molecule has 2 aromatic rings. The Kier molecular flexibility index (Phi) is 5.29. The van der Waals surface area contributed by atoms with Crippen LogP contribution < -0.4 is 0 Å². The summed E-state index contributed by atoms with van der Waals surface area (Å²) in [6, 6.07) is 9.03. The number of esters is 1. The van der Waals surface area contributed by atoms with Crippen LogP contribution in [0.25, 0.3) is 0 Å². The third-order valence-electron chi connectivity index (χ3n) is 4.26. The van der Waals surface area contributed by atoms with E-state index in [0.29, 0.717) is 17.9 Å². The predicted molar refractivity (Wildman–Crippen MR) is 103 cm³/mol. The molecule has 0 aliphatic carbocycles. The molecule has 5 nitrogen and oxygen atoms in total. The van der Waals surface area contributed by atoms with E-state index in [4.69, 9.17) is 4.74 Å². The lowest BCUT2D eigenvalue weighted by Gasteiger charge is -2.39. The van der Waals surface area contributed by atoms with Crippen molar-refractivity contribution in [3.05, 3.63) is 58.9 Å². The van der Waals surface area contributed by atoms with Crippen molar-refractivity contribution in [3.8, 4) is 11.8 Å². The van der Waals surface area contributed by atoms with E-state index in [1.54, 1.807) is 19.1 Å². The molecule has 0 atom stereocenters. The van der Waals surface area contributed by atoms with Crippen molar-refractivity contribution in [2.75, 3.05) is 6.61 Å². The number of aromatic nitrogens is 1. The summed E-state index contributed by atoms with van der Waals surface area (Å²) in [5.41, 5.74) is 2.44. The van der Waals surface area contributed by atoms with Crippen LogP contribution >= 0.6 is 11.8 Å². The fourth-order valence-electron chi connectivity index (χ4n) is 3.05. The molecule has 0 saturated carbocycles. The quantitative estimate of drug-likeness (QED) is 0.471. The Hall–Kier alpha value is -2.33. The Morgan fingerprint density at radius 3 is 2.70 bits per heavy atom. The van der Waals surface area contributed by atoms with Crippen LogP contribution in [0.2, 0.25) is 0 Å².